The van der Waals surface area contributed by atoms with E-state index >= 15 is 0 Å². The van der Waals surface area contributed by atoms with Crippen LogP contribution in [0.2, 0.25) is 0 Å². The van der Waals surface area contributed by atoms with Gasteiger partial charge in [-0.15, -0.1) is 0 Å². The predicted octanol–water partition coefficient (Wildman–Crippen LogP) is 1.66. The highest BCUT2D eigenvalue weighted by atomic mass is 16.2. The van der Waals surface area contributed by atoms with E-state index in [4.69, 9.17) is 0 Å². The minimum Gasteiger partial charge on any atom is -0.325 e. The SMILES string of the molecule is CCC1NC(C)(CC)C(=O)N1CC1CCCN(C)C1. The van der Waals surface area contributed by atoms with Gasteiger partial charge in [-0.2, -0.15) is 0 Å². The molecule has 1 N–H and O–H groups in total. The second kappa shape index (κ2) is 5.80. The number of carbonyl (C=O) groups excluding carboxylic acids is 1. The number of nitrogens with zero attached hydrogens (tertiary/aromatic N) is 2. The van der Waals surface area contributed by atoms with E-state index in [9.17, 15) is 4.79 Å². The van der Waals surface area contributed by atoms with Crippen LogP contribution in [0.4, 0.5) is 0 Å². The summed E-state index contributed by atoms with van der Waals surface area (Å²) in [5.74, 6) is 0.938. The Labute approximate surface area is 117 Å². The first-order valence-corrected chi connectivity index (χ1v) is 7.77. The number of piperidine rings is 1. The van der Waals surface area contributed by atoms with Gasteiger partial charge in [0.25, 0.3) is 0 Å². The molecule has 4 nitrogen and oxygen atoms in total. The number of carbonyl (C=O) groups is 1. The molecule has 1 amide bonds. The standard InChI is InChI=1S/C15H29N3O/c1-5-13-16-15(3,6-2)14(19)18(13)11-12-8-7-9-17(4)10-12/h12-13,16H,5-11H2,1-4H3. The Bertz CT molecular complexity index is 333. The lowest BCUT2D eigenvalue weighted by Gasteiger charge is -2.34. The van der Waals surface area contributed by atoms with E-state index < -0.39 is 0 Å². The van der Waals surface area contributed by atoms with E-state index in [-0.39, 0.29) is 11.7 Å². The van der Waals surface area contributed by atoms with E-state index in [2.05, 4.69) is 36.0 Å². The predicted molar refractivity (Wildman–Crippen MR) is 77.8 cm³/mol. The van der Waals surface area contributed by atoms with Crippen LogP contribution in [0, 0.1) is 5.92 Å². The van der Waals surface area contributed by atoms with Crippen molar-refractivity contribution in [1.82, 2.24) is 15.1 Å². The van der Waals surface area contributed by atoms with Crippen LogP contribution >= 0.6 is 0 Å². The van der Waals surface area contributed by atoms with Crippen molar-refractivity contribution in [1.29, 1.82) is 0 Å². The molecular weight excluding hydrogens is 238 g/mol. The quantitative estimate of drug-likeness (QED) is 0.841. The fourth-order valence-corrected chi connectivity index (χ4v) is 3.45. The van der Waals surface area contributed by atoms with Gasteiger partial charge in [-0.3, -0.25) is 10.1 Å². The normalized spacial score (nSPS) is 37.1. The van der Waals surface area contributed by atoms with Crippen LogP contribution in [-0.2, 0) is 4.79 Å². The molecule has 3 atom stereocenters. The van der Waals surface area contributed by atoms with Crippen molar-refractivity contribution in [3.8, 4) is 0 Å². The van der Waals surface area contributed by atoms with Crippen LogP contribution in [0.5, 0.6) is 0 Å². The molecule has 19 heavy (non-hydrogen) atoms. The number of likely N-dealkylation sites (tertiary alicyclic amines) is 1. The van der Waals surface area contributed by atoms with Gasteiger partial charge in [0, 0.05) is 13.1 Å². The van der Waals surface area contributed by atoms with E-state index in [1.165, 1.54) is 19.4 Å². The molecule has 0 spiro atoms. The highest BCUT2D eigenvalue weighted by molar-refractivity contribution is 5.88. The average Bonchev–Trinajstić information content (AvgIpc) is 2.64. The first kappa shape index (κ1) is 14.8. The third-order valence-electron chi connectivity index (χ3n) is 4.87. The Morgan fingerprint density at radius 2 is 2.16 bits per heavy atom. The Hall–Kier alpha value is -0.610. The molecule has 0 bridgehead atoms. The molecular formula is C15H29N3O. The minimum atomic E-state index is -0.346. The van der Waals surface area contributed by atoms with E-state index in [0.717, 1.165) is 25.9 Å². The zero-order valence-electron chi connectivity index (χ0n) is 12.9. The number of rotatable bonds is 4. The fraction of sp³-hybridized carbons (Fsp3) is 0.933. The third-order valence-corrected chi connectivity index (χ3v) is 4.87. The van der Waals surface area contributed by atoms with Gasteiger partial charge in [0.05, 0.1) is 11.7 Å². The van der Waals surface area contributed by atoms with Crippen molar-refractivity contribution in [2.45, 2.75) is 58.2 Å². The minimum absolute atomic E-state index is 0.227. The van der Waals surface area contributed by atoms with E-state index in [0.29, 0.717) is 11.8 Å². The molecule has 110 valence electrons. The summed E-state index contributed by atoms with van der Waals surface area (Å²) in [7, 11) is 2.18. The second-order valence-electron chi connectivity index (χ2n) is 6.48. The molecule has 2 fully saturated rings. The largest absolute Gasteiger partial charge is 0.325 e. The van der Waals surface area contributed by atoms with Gasteiger partial charge in [0.1, 0.15) is 0 Å². The van der Waals surface area contributed by atoms with Crippen LogP contribution in [0.25, 0.3) is 0 Å². The van der Waals surface area contributed by atoms with Crippen molar-refractivity contribution < 1.29 is 4.79 Å². The third kappa shape index (κ3) is 2.95. The summed E-state index contributed by atoms with van der Waals surface area (Å²) in [5.41, 5.74) is -0.346. The smallest absolute Gasteiger partial charge is 0.243 e. The highest BCUT2D eigenvalue weighted by Gasteiger charge is 2.46. The maximum atomic E-state index is 12.6. The molecule has 2 saturated heterocycles. The molecule has 2 aliphatic heterocycles. The number of nitrogens with one attached hydrogen (secondary N) is 1. The van der Waals surface area contributed by atoms with Gasteiger partial charge in [-0.1, -0.05) is 13.8 Å². The summed E-state index contributed by atoms with van der Waals surface area (Å²) in [6.45, 7) is 9.55. The molecule has 0 aromatic heterocycles. The second-order valence-corrected chi connectivity index (χ2v) is 6.48. The molecule has 2 rings (SSSR count). The van der Waals surface area contributed by atoms with Gasteiger partial charge in [-0.05, 0) is 52.1 Å². The molecule has 2 aliphatic rings. The van der Waals surface area contributed by atoms with Crippen LogP contribution in [0.15, 0.2) is 0 Å². The summed E-state index contributed by atoms with van der Waals surface area (Å²) in [6.07, 6.45) is 4.60. The first-order chi connectivity index (χ1) is 9.00. The Morgan fingerprint density at radius 1 is 1.42 bits per heavy atom. The Morgan fingerprint density at radius 3 is 2.74 bits per heavy atom. The highest BCUT2D eigenvalue weighted by Crippen LogP contribution is 2.27. The lowest BCUT2D eigenvalue weighted by molar-refractivity contribution is -0.133. The molecule has 2 heterocycles. The summed E-state index contributed by atoms with van der Waals surface area (Å²) < 4.78 is 0. The van der Waals surface area contributed by atoms with Gasteiger partial charge in [0.15, 0.2) is 0 Å². The zero-order valence-corrected chi connectivity index (χ0v) is 12.9. The zero-order chi connectivity index (χ0) is 14.0. The molecule has 0 aromatic carbocycles. The molecule has 0 aromatic rings. The first-order valence-electron chi connectivity index (χ1n) is 7.77. The molecule has 0 aliphatic carbocycles. The Kier molecular flexibility index (Phi) is 4.51. The van der Waals surface area contributed by atoms with Crippen LogP contribution in [0.3, 0.4) is 0 Å². The molecule has 0 radical (unpaired) electrons. The van der Waals surface area contributed by atoms with Crippen molar-refractivity contribution >= 4 is 5.91 Å². The van der Waals surface area contributed by atoms with Gasteiger partial charge in [-0.25, -0.2) is 0 Å². The summed E-state index contributed by atoms with van der Waals surface area (Å²) in [5, 5.41) is 3.53. The molecule has 0 saturated carbocycles. The number of hydrogen-bond donors (Lipinski definition) is 1. The maximum absolute atomic E-state index is 12.6. The maximum Gasteiger partial charge on any atom is 0.243 e. The summed E-state index contributed by atoms with van der Waals surface area (Å²) in [6, 6.07) is 0. The van der Waals surface area contributed by atoms with Crippen LogP contribution < -0.4 is 5.32 Å². The Balaban J connectivity index is 2.03. The average molecular weight is 267 g/mol. The topological polar surface area (TPSA) is 35.6 Å². The van der Waals surface area contributed by atoms with Crippen molar-refractivity contribution in [2.24, 2.45) is 5.92 Å². The summed E-state index contributed by atoms with van der Waals surface area (Å²) in [4.78, 5) is 17.1. The lowest BCUT2D eigenvalue weighted by Crippen LogP contribution is -2.44. The van der Waals surface area contributed by atoms with Gasteiger partial charge >= 0.3 is 0 Å². The summed E-state index contributed by atoms with van der Waals surface area (Å²) >= 11 is 0. The van der Waals surface area contributed by atoms with Crippen molar-refractivity contribution in [3.05, 3.63) is 0 Å². The lowest BCUT2D eigenvalue weighted by atomic mass is 9.96. The fourth-order valence-electron chi connectivity index (χ4n) is 3.45. The van der Waals surface area contributed by atoms with Gasteiger partial charge in [0.2, 0.25) is 5.91 Å². The van der Waals surface area contributed by atoms with Crippen LogP contribution in [0.1, 0.15) is 46.5 Å². The van der Waals surface area contributed by atoms with Gasteiger partial charge < -0.3 is 9.80 Å². The van der Waals surface area contributed by atoms with E-state index in [1.54, 1.807) is 0 Å². The monoisotopic (exact) mass is 267 g/mol. The molecule has 4 heteroatoms. The number of amides is 1. The van der Waals surface area contributed by atoms with Crippen LogP contribution in [-0.4, -0.2) is 54.1 Å². The molecule has 3 unspecified atom stereocenters. The van der Waals surface area contributed by atoms with Crippen molar-refractivity contribution in [3.63, 3.8) is 0 Å². The number of hydrogen-bond acceptors (Lipinski definition) is 3. The van der Waals surface area contributed by atoms with E-state index in [1.807, 2.05) is 6.92 Å². The van der Waals surface area contributed by atoms with Crippen molar-refractivity contribution in [2.75, 3.05) is 26.7 Å².